The van der Waals surface area contributed by atoms with Gasteiger partial charge >= 0.3 is 0 Å². The summed E-state index contributed by atoms with van der Waals surface area (Å²) < 4.78 is 0. The molecule has 1 unspecified atom stereocenters. The number of fused-ring (bicyclic) bond motifs is 1. The summed E-state index contributed by atoms with van der Waals surface area (Å²) in [6.45, 7) is 11.3. The van der Waals surface area contributed by atoms with Crippen molar-refractivity contribution in [2.75, 3.05) is 23.3 Å². The molecule has 0 aromatic heterocycles. The Balaban J connectivity index is 1.56. The van der Waals surface area contributed by atoms with Crippen molar-refractivity contribution >= 4 is 57.9 Å². The zero-order valence-corrected chi connectivity index (χ0v) is 22.2. The molecule has 2 aliphatic heterocycles. The molecule has 1 atom stereocenters. The number of thioether (sulfide) groups is 1. The van der Waals surface area contributed by atoms with E-state index < -0.39 is 17.1 Å². The lowest BCUT2D eigenvalue weighted by Gasteiger charge is -2.47. The van der Waals surface area contributed by atoms with Crippen LogP contribution in [-0.4, -0.2) is 40.6 Å². The van der Waals surface area contributed by atoms with E-state index in [2.05, 4.69) is 37.9 Å². The standard InChI is InChI=1S/C27H30ClN3O3S/c1-6-31-22-13-21(28)18(11-20(22)17(3)14-27(31,4)5)12-23-25(33)30(26(34)35-23)15-24(32)29-19-9-7-8-16(2)10-19/h7-13,17H,6,14-15H2,1-5H3,(H,29,32)/b23-12+. The van der Waals surface area contributed by atoms with Gasteiger partial charge < -0.3 is 10.2 Å². The van der Waals surface area contributed by atoms with Crippen LogP contribution in [0.15, 0.2) is 41.3 Å². The van der Waals surface area contributed by atoms with E-state index in [0.717, 1.165) is 40.9 Å². The number of benzene rings is 2. The summed E-state index contributed by atoms with van der Waals surface area (Å²) in [5.41, 5.74) is 4.63. The fourth-order valence-corrected chi connectivity index (χ4v) is 6.12. The summed E-state index contributed by atoms with van der Waals surface area (Å²) in [4.78, 5) is 41.6. The lowest BCUT2D eigenvalue weighted by molar-refractivity contribution is -0.127. The van der Waals surface area contributed by atoms with Gasteiger partial charge in [0.25, 0.3) is 11.1 Å². The van der Waals surface area contributed by atoms with Crippen molar-refractivity contribution < 1.29 is 14.4 Å². The Bertz CT molecular complexity index is 1240. The number of hydrogen-bond donors (Lipinski definition) is 1. The average Bonchev–Trinajstić information content (AvgIpc) is 3.02. The van der Waals surface area contributed by atoms with Crippen LogP contribution in [0.5, 0.6) is 0 Å². The molecule has 0 aliphatic carbocycles. The van der Waals surface area contributed by atoms with Crippen molar-refractivity contribution in [2.24, 2.45) is 0 Å². The second-order valence-electron chi connectivity index (χ2n) is 9.78. The molecule has 8 heteroatoms. The molecule has 1 N–H and O–H groups in total. The minimum atomic E-state index is -0.488. The van der Waals surface area contributed by atoms with E-state index in [0.29, 0.717) is 22.2 Å². The smallest absolute Gasteiger partial charge is 0.294 e. The predicted molar refractivity (Wildman–Crippen MR) is 144 cm³/mol. The van der Waals surface area contributed by atoms with E-state index >= 15 is 0 Å². The van der Waals surface area contributed by atoms with Crippen molar-refractivity contribution in [2.45, 2.75) is 52.5 Å². The Morgan fingerprint density at radius 2 is 2.00 bits per heavy atom. The van der Waals surface area contributed by atoms with Gasteiger partial charge in [0.1, 0.15) is 6.54 Å². The van der Waals surface area contributed by atoms with E-state index in [1.165, 1.54) is 5.56 Å². The van der Waals surface area contributed by atoms with Gasteiger partial charge in [-0.25, -0.2) is 0 Å². The van der Waals surface area contributed by atoms with E-state index in [1.54, 1.807) is 12.1 Å². The summed E-state index contributed by atoms with van der Waals surface area (Å²) >= 11 is 7.48. The van der Waals surface area contributed by atoms with Crippen LogP contribution >= 0.6 is 23.4 Å². The second kappa shape index (κ2) is 9.70. The molecule has 6 nitrogen and oxygen atoms in total. The summed E-state index contributed by atoms with van der Waals surface area (Å²) in [5, 5.41) is 2.79. The zero-order chi connectivity index (χ0) is 25.5. The topological polar surface area (TPSA) is 69.7 Å². The molecule has 2 aromatic carbocycles. The number of amides is 3. The number of imide groups is 1. The molecule has 3 amide bonds. The maximum absolute atomic E-state index is 13.0. The van der Waals surface area contributed by atoms with E-state index in [1.807, 2.05) is 37.3 Å². The van der Waals surface area contributed by atoms with E-state index in [9.17, 15) is 14.4 Å². The normalized spacial score (nSPS) is 20.4. The molecule has 4 rings (SSSR count). The highest BCUT2D eigenvalue weighted by molar-refractivity contribution is 8.18. The predicted octanol–water partition coefficient (Wildman–Crippen LogP) is 6.44. The number of nitrogens with one attached hydrogen (secondary N) is 1. The molecule has 184 valence electrons. The first-order valence-electron chi connectivity index (χ1n) is 11.7. The van der Waals surface area contributed by atoms with Gasteiger partial charge in [0.05, 0.1) is 4.91 Å². The third-order valence-corrected chi connectivity index (χ3v) is 7.82. The number of hydrogen-bond acceptors (Lipinski definition) is 5. The van der Waals surface area contributed by atoms with Gasteiger partial charge in [-0.2, -0.15) is 0 Å². The number of aryl methyl sites for hydroxylation is 1. The molecule has 1 saturated heterocycles. The number of rotatable bonds is 5. The van der Waals surface area contributed by atoms with Crippen molar-refractivity contribution in [1.82, 2.24) is 4.90 Å². The van der Waals surface area contributed by atoms with E-state index in [4.69, 9.17) is 11.6 Å². The van der Waals surface area contributed by atoms with E-state index in [-0.39, 0.29) is 17.0 Å². The first-order chi connectivity index (χ1) is 16.5. The zero-order valence-electron chi connectivity index (χ0n) is 20.6. The summed E-state index contributed by atoms with van der Waals surface area (Å²) in [6, 6.07) is 11.3. The second-order valence-corrected chi connectivity index (χ2v) is 11.2. The Labute approximate surface area is 215 Å². The average molecular weight is 512 g/mol. The molecule has 0 radical (unpaired) electrons. The highest BCUT2D eigenvalue weighted by atomic mass is 35.5. The summed E-state index contributed by atoms with van der Waals surface area (Å²) in [6.07, 6.45) is 2.66. The molecule has 0 saturated carbocycles. The molecule has 1 fully saturated rings. The lowest BCUT2D eigenvalue weighted by atomic mass is 9.79. The van der Waals surface area contributed by atoms with Gasteiger partial charge in [-0.15, -0.1) is 0 Å². The van der Waals surface area contributed by atoms with Crippen molar-refractivity contribution in [3.8, 4) is 0 Å². The van der Waals surface area contributed by atoms with Crippen LogP contribution in [0.1, 0.15) is 56.7 Å². The van der Waals surface area contributed by atoms with Crippen molar-refractivity contribution in [3.63, 3.8) is 0 Å². The molecule has 2 aromatic rings. The van der Waals surface area contributed by atoms with Crippen LogP contribution in [0, 0.1) is 6.92 Å². The van der Waals surface area contributed by atoms with Crippen LogP contribution < -0.4 is 10.2 Å². The maximum atomic E-state index is 13.0. The minimum absolute atomic E-state index is 0.0215. The largest absolute Gasteiger partial charge is 0.366 e. The highest BCUT2D eigenvalue weighted by Crippen LogP contribution is 2.45. The number of halogens is 1. The Morgan fingerprint density at radius 3 is 2.69 bits per heavy atom. The molecular weight excluding hydrogens is 482 g/mol. The Hall–Kier alpha value is -2.77. The van der Waals surface area contributed by atoms with Crippen LogP contribution in [0.25, 0.3) is 6.08 Å². The first kappa shape index (κ1) is 25.3. The third kappa shape index (κ3) is 5.11. The van der Waals surface area contributed by atoms with Crippen molar-refractivity contribution in [3.05, 3.63) is 63.0 Å². The Kier molecular flexibility index (Phi) is 7.02. The van der Waals surface area contributed by atoms with Crippen LogP contribution in [-0.2, 0) is 9.59 Å². The third-order valence-electron chi connectivity index (χ3n) is 6.58. The maximum Gasteiger partial charge on any atom is 0.294 e. The van der Waals surface area contributed by atoms with Gasteiger partial charge in [0.15, 0.2) is 0 Å². The Morgan fingerprint density at radius 1 is 1.26 bits per heavy atom. The number of nitrogens with zero attached hydrogens (tertiary/aromatic N) is 2. The fourth-order valence-electron chi connectivity index (χ4n) is 5.07. The molecule has 0 spiro atoms. The quantitative estimate of drug-likeness (QED) is 0.468. The lowest BCUT2D eigenvalue weighted by Crippen LogP contribution is -2.48. The number of carbonyl (C=O) groups excluding carboxylic acids is 3. The van der Waals surface area contributed by atoms with Gasteiger partial charge in [-0.1, -0.05) is 30.7 Å². The SMILES string of the molecule is CCN1c2cc(Cl)c(/C=C3/SC(=O)N(CC(=O)Nc4cccc(C)c4)C3=O)cc2C(C)CC1(C)C. The number of carbonyl (C=O) groups is 3. The summed E-state index contributed by atoms with van der Waals surface area (Å²) in [5.74, 6) is -0.591. The van der Waals surface area contributed by atoms with Crippen LogP contribution in [0.4, 0.5) is 16.2 Å². The molecule has 2 aliphatic rings. The monoisotopic (exact) mass is 511 g/mol. The van der Waals surface area contributed by atoms with Gasteiger partial charge in [-0.3, -0.25) is 19.3 Å². The van der Waals surface area contributed by atoms with Crippen LogP contribution in [0.3, 0.4) is 0 Å². The van der Waals surface area contributed by atoms with Gasteiger partial charge in [-0.05, 0) is 98.8 Å². The van der Waals surface area contributed by atoms with Gasteiger partial charge in [0, 0.05) is 28.5 Å². The molecule has 2 heterocycles. The molecule has 0 bridgehead atoms. The molecular formula is C27H30ClN3O3S. The first-order valence-corrected chi connectivity index (χ1v) is 12.9. The highest BCUT2D eigenvalue weighted by Gasteiger charge is 2.38. The number of anilines is 2. The van der Waals surface area contributed by atoms with Gasteiger partial charge in [0.2, 0.25) is 5.91 Å². The summed E-state index contributed by atoms with van der Waals surface area (Å²) in [7, 11) is 0. The van der Waals surface area contributed by atoms with Crippen LogP contribution in [0.2, 0.25) is 5.02 Å². The van der Waals surface area contributed by atoms with Crippen molar-refractivity contribution in [1.29, 1.82) is 0 Å². The minimum Gasteiger partial charge on any atom is -0.366 e. The fraction of sp³-hybridized carbons (Fsp3) is 0.370. The molecule has 35 heavy (non-hydrogen) atoms.